The van der Waals surface area contributed by atoms with Crippen molar-refractivity contribution >= 4 is 11.6 Å². The highest BCUT2D eigenvalue weighted by Crippen LogP contribution is 2.44. The Kier molecular flexibility index (Phi) is 2.47. The van der Waals surface area contributed by atoms with Gasteiger partial charge >= 0.3 is 0 Å². The summed E-state index contributed by atoms with van der Waals surface area (Å²) in [5, 5.41) is 38.7. The normalized spacial score (nSPS) is 13.0. The van der Waals surface area contributed by atoms with E-state index >= 15 is 0 Å². The quantitative estimate of drug-likeness (QED) is 0.466. The zero-order chi connectivity index (χ0) is 15.5. The fourth-order valence-electron chi connectivity index (χ4n) is 2.51. The average Bonchev–Trinajstić information content (AvgIpc) is 2.41. The highest BCUT2D eigenvalue weighted by atomic mass is 16.3. The highest BCUT2D eigenvalue weighted by Gasteiger charge is 2.36. The Hall–Kier alpha value is -3.02. The van der Waals surface area contributed by atoms with E-state index in [-0.39, 0.29) is 22.4 Å². The van der Waals surface area contributed by atoms with Crippen molar-refractivity contribution < 1.29 is 30.0 Å². The van der Waals surface area contributed by atoms with E-state index in [0.717, 1.165) is 6.07 Å². The molecule has 3 rings (SSSR count). The van der Waals surface area contributed by atoms with E-state index < -0.39 is 34.4 Å². The fraction of sp³-hybridized carbons (Fsp3) is 0.0667. The molecule has 0 atom stereocenters. The lowest BCUT2D eigenvalue weighted by molar-refractivity contribution is 0.0973. The number of benzene rings is 2. The third-order valence-electron chi connectivity index (χ3n) is 3.46. The molecule has 0 aliphatic heterocycles. The van der Waals surface area contributed by atoms with Crippen molar-refractivity contribution in [3.05, 3.63) is 46.0 Å². The van der Waals surface area contributed by atoms with Crippen molar-refractivity contribution in [2.45, 2.75) is 6.92 Å². The molecule has 0 unspecified atom stereocenters. The van der Waals surface area contributed by atoms with Crippen LogP contribution in [-0.4, -0.2) is 32.0 Å². The van der Waals surface area contributed by atoms with Crippen LogP contribution < -0.4 is 0 Å². The topological polar surface area (TPSA) is 115 Å². The standard InChI is InChI=1S/C15H10O6/c1-5-2-6-10(8(16)3-5)14(20)11-7(12(6)18)4-9(17)13(19)15(11)21/h2-4,16-17,19,21H,1H3. The van der Waals surface area contributed by atoms with Gasteiger partial charge in [-0.1, -0.05) is 0 Å². The zero-order valence-corrected chi connectivity index (χ0v) is 10.8. The lowest BCUT2D eigenvalue weighted by Gasteiger charge is -2.20. The van der Waals surface area contributed by atoms with Crippen LogP contribution in [-0.2, 0) is 0 Å². The summed E-state index contributed by atoms with van der Waals surface area (Å²) in [5.41, 5.74) is -0.289. The molecule has 0 radical (unpaired) electrons. The van der Waals surface area contributed by atoms with Gasteiger partial charge in [0.15, 0.2) is 17.3 Å². The minimum absolute atomic E-state index is 0.00510. The van der Waals surface area contributed by atoms with Crippen LogP contribution in [0.3, 0.4) is 0 Å². The summed E-state index contributed by atoms with van der Waals surface area (Å²) >= 11 is 0. The number of hydrogen-bond acceptors (Lipinski definition) is 6. The van der Waals surface area contributed by atoms with Crippen molar-refractivity contribution in [3.8, 4) is 23.0 Å². The molecule has 0 saturated carbocycles. The Morgan fingerprint density at radius 2 is 1.33 bits per heavy atom. The molecule has 6 heteroatoms. The van der Waals surface area contributed by atoms with Gasteiger partial charge in [0.05, 0.1) is 11.1 Å². The van der Waals surface area contributed by atoms with Gasteiger partial charge in [-0.15, -0.1) is 0 Å². The predicted octanol–water partition coefficient (Wildman–Crippen LogP) is 1.59. The van der Waals surface area contributed by atoms with Gasteiger partial charge in [0.1, 0.15) is 5.75 Å². The molecular formula is C15H10O6. The van der Waals surface area contributed by atoms with E-state index in [1.54, 1.807) is 6.92 Å². The summed E-state index contributed by atoms with van der Waals surface area (Å²) in [6, 6.07) is 3.69. The second-order valence-corrected chi connectivity index (χ2v) is 4.88. The molecule has 106 valence electrons. The van der Waals surface area contributed by atoms with Gasteiger partial charge in [-0.05, 0) is 30.7 Å². The Bertz CT molecular complexity index is 835. The van der Waals surface area contributed by atoms with Crippen LogP contribution in [0, 0.1) is 6.92 Å². The molecule has 0 bridgehead atoms. The van der Waals surface area contributed by atoms with Gasteiger partial charge in [0.25, 0.3) is 0 Å². The first-order valence-electron chi connectivity index (χ1n) is 6.03. The number of carbonyl (C=O) groups excluding carboxylic acids is 2. The minimum Gasteiger partial charge on any atom is -0.507 e. The molecular weight excluding hydrogens is 276 g/mol. The molecule has 0 fully saturated rings. The van der Waals surface area contributed by atoms with E-state index in [9.17, 15) is 30.0 Å². The Labute approximate surface area is 118 Å². The van der Waals surface area contributed by atoms with Crippen LogP contribution in [0.1, 0.15) is 37.4 Å². The lowest BCUT2D eigenvalue weighted by atomic mass is 9.82. The molecule has 21 heavy (non-hydrogen) atoms. The highest BCUT2D eigenvalue weighted by molar-refractivity contribution is 6.30. The lowest BCUT2D eigenvalue weighted by Crippen LogP contribution is -2.21. The third-order valence-corrected chi connectivity index (χ3v) is 3.46. The summed E-state index contributed by atoms with van der Waals surface area (Å²) in [6.45, 7) is 1.65. The van der Waals surface area contributed by atoms with Gasteiger partial charge in [-0.25, -0.2) is 0 Å². The first kappa shape index (κ1) is 13.0. The number of aromatic hydroxyl groups is 4. The molecule has 2 aromatic carbocycles. The average molecular weight is 286 g/mol. The van der Waals surface area contributed by atoms with Crippen LogP contribution in [0.25, 0.3) is 0 Å². The first-order valence-corrected chi connectivity index (χ1v) is 6.03. The Balaban J connectivity index is 2.42. The zero-order valence-electron chi connectivity index (χ0n) is 10.8. The molecule has 0 aromatic heterocycles. The van der Waals surface area contributed by atoms with Gasteiger partial charge < -0.3 is 20.4 Å². The maximum Gasteiger partial charge on any atom is 0.202 e. The molecule has 2 aromatic rings. The van der Waals surface area contributed by atoms with E-state index in [1.165, 1.54) is 12.1 Å². The molecule has 1 aliphatic carbocycles. The number of rotatable bonds is 0. The fourth-order valence-corrected chi connectivity index (χ4v) is 2.51. The molecule has 0 saturated heterocycles. The smallest absolute Gasteiger partial charge is 0.202 e. The minimum atomic E-state index is -0.884. The number of fused-ring (bicyclic) bond motifs is 2. The van der Waals surface area contributed by atoms with Gasteiger partial charge in [-0.3, -0.25) is 9.59 Å². The molecule has 0 spiro atoms. The first-order chi connectivity index (χ1) is 9.82. The Morgan fingerprint density at radius 3 is 2.00 bits per heavy atom. The van der Waals surface area contributed by atoms with Gasteiger partial charge in [0.2, 0.25) is 11.5 Å². The van der Waals surface area contributed by atoms with Gasteiger partial charge in [-0.2, -0.15) is 0 Å². The molecule has 6 nitrogen and oxygen atoms in total. The molecule has 0 amide bonds. The number of ketones is 2. The van der Waals surface area contributed by atoms with Crippen LogP contribution in [0.2, 0.25) is 0 Å². The molecule has 0 heterocycles. The number of phenolic OH excluding ortho intramolecular Hbond substituents is 4. The van der Waals surface area contributed by atoms with Gasteiger partial charge in [0, 0.05) is 11.1 Å². The second kappa shape index (κ2) is 3.99. The summed E-state index contributed by atoms with van der Waals surface area (Å²) in [7, 11) is 0. The molecule has 4 N–H and O–H groups in total. The SMILES string of the molecule is Cc1cc(O)c2c(c1)C(=O)c1cc(O)c(O)c(O)c1C2=O. The maximum atomic E-state index is 12.4. The van der Waals surface area contributed by atoms with E-state index in [1.807, 2.05) is 0 Å². The van der Waals surface area contributed by atoms with Crippen LogP contribution in [0.15, 0.2) is 18.2 Å². The van der Waals surface area contributed by atoms with Crippen LogP contribution in [0.5, 0.6) is 23.0 Å². The number of phenols is 4. The van der Waals surface area contributed by atoms with Crippen LogP contribution >= 0.6 is 0 Å². The third kappa shape index (κ3) is 1.59. The number of carbonyl (C=O) groups is 2. The summed E-state index contributed by atoms with van der Waals surface area (Å²) in [6.07, 6.45) is 0. The number of aryl methyl sites for hydroxylation is 1. The molecule has 1 aliphatic rings. The van der Waals surface area contributed by atoms with Crippen molar-refractivity contribution in [1.29, 1.82) is 0 Å². The summed E-state index contributed by atoms with van der Waals surface area (Å²) in [4.78, 5) is 24.8. The largest absolute Gasteiger partial charge is 0.507 e. The summed E-state index contributed by atoms with van der Waals surface area (Å²) in [5.74, 6) is -4.25. The van der Waals surface area contributed by atoms with Crippen molar-refractivity contribution in [1.82, 2.24) is 0 Å². The van der Waals surface area contributed by atoms with E-state index in [2.05, 4.69) is 0 Å². The van der Waals surface area contributed by atoms with Crippen molar-refractivity contribution in [2.24, 2.45) is 0 Å². The predicted molar refractivity (Wildman–Crippen MR) is 71.1 cm³/mol. The van der Waals surface area contributed by atoms with Crippen molar-refractivity contribution in [2.75, 3.05) is 0 Å². The maximum absolute atomic E-state index is 12.4. The van der Waals surface area contributed by atoms with Crippen LogP contribution in [0.4, 0.5) is 0 Å². The van der Waals surface area contributed by atoms with E-state index in [0.29, 0.717) is 5.56 Å². The summed E-state index contributed by atoms with van der Waals surface area (Å²) < 4.78 is 0. The Morgan fingerprint density at radius 1 is 0.714 bits per heavy atom. The number of hydrogen-bond donors (Lipinski definition) is 4. The monoisotopic (exact) mass is 286 g/mol. The van der Waals surface area contributed by atoms with E-state index in [4.69, 9.17) is 0 Å². The second-order valence-electron chi connectivity index (χ2n) is 4.88. The van der Waals surface area contributed by atoms with Crippen molar-refractivity contribution in [3.63, 3.8) is 0 Å².